The van der Waals surface area contributed by atoms with E-state index in [1.807, 2.05) is 0 Å². The molecule has 1 saturated carbocycles. The summed E-state index contributed by atoms with van der Waals surface area (Å²) >= 11 is 0. The summed E-state index contributed by atoms with van der Waals surface area (Å²) in [6.45, 7) is 0.889. The maximum atomic E-state index is 14.1. The summed E-state index contributed by atoms with van der Waals surface area (Å²) in [5, 5.41) is 5.75. The Hall–Kier alpha value is -1.20. The van der Waals surface area contributed by atoms with E-state index in [9.17, 15) is 13.6 Å². The molecule has 1 amide bonds. The molecule has 2 N–H and O–H groups in total. The number of benzene rings is 1. The molecule has 0 unspecified atom stereocenters. The molecule has 0 aromatic heterocycles. The van der Waals surface area contributed by atoms with E-state index in [1.165, 1.54) is 18.2 Å². The summed E-state index contributed by atoms with van der Waals surface area (Å²) in [7, 11) is 1.78. The first-order chi connectivity index (χ1) is 10.1. The molecule has 0 aliphatic heterocycles. The number of halogens is 3. The van der Waals surface area contributed by atoms with Crippen LogP contribution in [0.15, 0.2) is 18.2 Å². The number of rotatable bonds is 6. The highest BCUT2D eigenvalue weighted by atomic mass is 35.5. The minimum Gasteiger partial charge on any atom is -0.355 e. The lowest BCUT2D eigenvalue weighted by molar-refractivity contribution is -0.121. The Morgan fingerprint density at radius 1 is 1.23 bits per heavy atom. The Bertz CT molecular complexity index is 485. The largest absolute Gasteiger partial charge is 0.355 e. The van der Waals surface area contributed by atoms with Gasteiger partial charge in [0.1, 0.15) is 11.6 Å². The van der Waals surface area contributed by atoms with Gasteiger partial charge in [0.05, 0.1) is 0 Å². The Labute approximate surface area is 136 Å². The second-order valence-corrected chi connectivity index (χ2v) is 5.71. The number of carbonyl (C=O) groups excluding carboxylic acids is 1. The summed E-state index contributed by atoms with van der Waals surface area (Å²) in [5.41, 5.74) is -0.471. The van der Waals surface area contributed by atoms with Crippen LogP contribution in [-0.2, 0) is 10.2 Å². The first-order valence-electron chi connectivity index (χ1n) is 7.45. The molecule has 22 heavy (non-hydrogen) atoms. The van der Waals surface area contributed by atoms with Crippen molar-refractivity contribution in [1.29, 1.82) is 0 Å². The van der Waals surface area contributed by atoms with Crippen LogP contribution < -0.4 is 10.6 Å². The third-order valence-electron chi connectivity index (χ3n) is 4.28. The molecule has 0 spiro atoms. The summed E-state index contributed by atoms with van der Waals surface area (Å²) in [6, 6.07) is 3.96. The van der Waals surface area contributed by atoms with E-state index in [1.54, 1.807) is 7.05 Å². The fourth-order valence-corrected chi connectivity index (χ4v) is 3.17. The molecular weight excluding hydrogens is 310 g/mol. The second kappa shape index (κ2) is 8.44. The maximum Gasteiger partial charge on any atom is 0.221 e. The molecule has 3 nitrogen and oxygen atoms in total. The van der Waals surface area contributed by atoms with Crippen molar-refractivity contribution in [3.05, 3.63) is 35.4 Å². The molecule has 0 bridgehead atoms. The van der Waals surface area contributed by atoms with Crippen molar-refractivity contribution in [1.82, 2.24) is 10.6 Å². The van der Waals surface area contributed by atoms with Crippen LogP contribution in [-0.4, -0.2) is 26.0 Å². The second-order valence-electron chi connectivity index (χ2n) is 5.71. The molecule has 2 rings (SSSR count). The molecule has 1 aromatic carbocycles. The number of carbonyl (C=O) groups is 1. The van der Waals surface area contributed by atoms with Crippen LogP contribution in [0.4, 0.5) is 8.78 Å². The van der Waals surface area contributed by atoms with Gasteiger partial charge in [-0.15, -0.1) is 12.4 Å². The number of amides is 1. The highest BCUT2D eigenvalue weighted by molar-refractivity contribution is 5.85. The van der Waals surface area contributed by atoms with Crippen LogP contribution in [0.5, 0.6) is 0 Å². The zero-order valence-corrected chi connectivity index (χ0v) is 13.6. The Morgan fingerprint density at radius 3 is 2.36 bits per heavy atom. The standard InChI is InChI=1S/C16H22F2N2O.ClH/c1-19-10-7-14(21)20-11-16(8-2-3-9-16)15-12(17)5-4-6-13(15)18;/h4-6,19H,2-3,7-11H2,1H3,(H,20,21);1H. The molecule has 124 valence electrons. The molecule has 0 atom stereocenters. The Kier molecular flexibility index (Phi) is 7.23. The van der Waals surface area contributed by atoms with Gasteiger partial charge in [-0.25, -0.2) is 8.78 Å². The highest BCUT2D eigenvalue weighted by Crippen LogP contribution is 2.42. The van der Waals surface area contributed by atoms with Crippen molar-refractivity contribution in [2.24, 2.45) is 0 Å². The fraction of sp³-hybridized carbons (Fsp3) is 0.562. The van der Waals surface area contributed by atoms with Crippen molar-refractivity contribution in [2.75, 3.05) is 20.1 Å². The van der Waals surface area contributed by atoms with Crippen LogP contribution in [0.3, 0.4) is 0 Å². The molecule has 0 radical (unpaired) electrons. The van der Waals surface area contributed by atoms with Gasteiger partial charge in [-0.1, -0.05) is 18.9 Å². The number of hydrogen-bond donors (Lipinski definition) is 2. The van der Waals surface area contributed by atoms with E-state index >= 15 is 0 Å². The van der Waals surface area contributed by atoms with E-state index < -0.39 is 17.0 Å². The predicted molar refractivity (Wildman–Crippen MR) is 85.3 cm³/mol. The van der Waals surface area contributed by atoms with Gasteiger partial charge >= 0.3 is 0 Å². The average molecular weight is 333 g/mol. The van der Waals surface area contributed by atoms with Gasteiger partial charge in [0.15, 0.2) is 0 Å². The zero-order valence-electron chi connectivity index (χ0n) is 12.8. The van der Waals surface area contributed by atoms with Crippen LogP contribution in [0.25, 0.3) is 0 Å². The minimum absolute atomic E-state index is 0. The highest BCUT2D eigenvalue weighted by Gasteiger charge is 2.40. The van der Waals surface area contributed by atoms with E-state index in [2.05, 4.69) is 10.6 Å². The predicted octanol–water partition coefficient (Wildman–Crippen LogP) is 2.92. The van der Waals surface area contributed by atoms with Crippen molar-refractivity contribution >= 4 is 18.3 Å². The van der Waals surface area contributed by atoms with E-state index in [-0.39, 0.29) is 23.9 Å². The summed E-state index contributed by atoms with van der Waals surface area (Å²) in [4.78, 5) is 11.8. The number of hydrogen-bond acceptors (Lipinski definition) is 2. The van der Waals surface area contributed by atoms with E-state index in [4.69, 9.17) is 0 Å². The smallest absolute Gasteiger partial charge is 0.221 e. The molecule has 0 heterocycles. The molecule has 0 saturated heterocycles. The van der Waals surface area contributed by atoms with E-state index in [0.717, 1.165) is 12.8 Å². The van der Waals surface area contributed by atoms with Crippen LogP contribution in [0, 0.1) is 11.6 Å². The van der Waals surface area contributed by atoms with Gasteiger partial charge in [-0.2, -0.15) is 0 Å². The topological polar surface area (TPSA) is 41.1 Å². The lowest BCUT2D eigenvalue weighted by Gasteiger charge is -2.30. The van der Waals surface area contributed by atoms with Crippen LogP contribution in [0.1, 0.15) is 37.7 Å². The van der Waals surface area contributed by atoms with Gasteiger partial charge in [-0.3, -0.25) is 4.79 Å². The lowest BCUT2D eigenvalue weighted by atomic mass is 9.78. The normalized spacial score (nSPS) is 16.1. The molecule has 1 fully saturated rings. The first-order valence-corrected chi connectivity index (χ1v) is 7.45. The average Bonchev–Trinajstić information content (AvgIpc) is 2.92. The quantitative estimate of drug-likeness (QED) is 0.841. The van der Waals surface area contributed by atoms with Gasteiger partial charge < -0.3 is 10.6 Å². The molecule has 6 heteroatoms. The van der Waals surface area contributed by atoms with Crippen molar-refractivity contribution < 1.29 is 13.6 Å². The van der Waals surface area contributed by atoms with Gasteiger partial charge in [0.25, 0.3) is 0 Å². The van der Waals surface area contributed by atoms with Crippen molar-refractivity contribution in [2.45, 2.75) is 37.5 Å². The summed E-state index contributed by atoms with van der Waals surface area (Å²) in [6.07, 6.45) is 3.64. The summed E-state index contributed by atoms with van der Waals surface area (Å²) in [5.74, 6) is -1.12. The molecule has 1 aromatic rings. The molecule has 1 aliphatic rings. The zero-order chi connectivity index (χ0) is 15.3. The third-order valence-corrected chi connectivity index (χ3v) is 4.28. The summed E-state index contributed by atoms with van der Waals surface area (Å²) < 4.78 is 28.2. The van der Waals surface area contributed by atoms with Gasteiger partial charge in [0.2, 0.25) is 5.91 Å². The SMILES string of the molecule is CNCCC(=O)NCC1(c2c(F)cccc2F)CCCC1.Cl. The molecular formula is C16H23ClF2N2O. The van der Waals surface area contributed by atoms with Crippen molar-refractivity contribution in [3.63, 3.8) is 0 Å². The minimum atomic E-state index is -0.606. The monoisotopic (exact) mass is 332 g/mol. The van der Waals surface area contributed by atoms with Crippen LogP contribution >= 0.6 is 12.4 Å². The van der Waals surface area contributed by atoms with E-state index in [0.29, 0.717) is 32.4 Å². The first kappa shape index (κ1) is 18.8. The number of nitrogens with one attached hydrogen (secondary N) is 2. The Balaban J connectivity index is 0.00000242. The lowest BCUT2D eigenvalue weighted by Crippen LogP contribution is -2.40. The molecule has 1 aliphatic carbocycles. The Morgan fingerprint density at radius 2 is 1.82 bits per heavy atom. The third kappa shape index (κ3) is 4.17. The van der Waals surface area contributed by atoms with Crippen molar-refractivity contribution in [3.8, 4) is 0 Å². The van der Waals surface area contributed by atoms with Crippen LogP contribution in [0.2, 0.25) is 0 Å². The maximum absolute atomic E-state index is 14.1. The fourth-order valence-electron chi connectivity index (χ4n) is 3.17. The van der Waals surface area contributed by atoms with Gasteiger partial charge in [0, 0.05) is 30.5 Å². The van der Waals surface area contributed by atoms with Gasteiger partial charge in [-0.05, 0) is 32.0 Å².